The summed E-state index contributed by atoms with van der Waals surface area (Å²) in [6, 6.07) is 14.1. The van der Waals surface area contributed by atoms with Crippen LogP contribution in [0.25, 0.3) is 5.65 Å². The Labute approximate surface area is 177 Å². The molecule has 0 aliphatic rings. The lowest BCUT2D eigenvalue weighted by molar-refractivity contribution is 0.396. The second kappa shape index (κ2) is 10.1. The maximum atomic E-state index is 5.43. The van der Waals surface area contributed by atoms with Gasteiger partial charge in [0.05, 0.1) is 12.8 Å². The molecule has 0 atom stereocenters. The number of aliphatic imine (C=N–C) groups is 1. The van der Waals surface area contributed by atoms with Gasteiger partial charge in [-0.3, -0.25) is 4.99 Å². The maximum Gasteiger partial charge on any atom is 0.193 e. The molecule has 0 radical (unpaired) electrons. The van der Waals surface area contributed by atoms with E-state index in [9.17, 15) is 0 Å². The third-order valence-corrected chi connectivity index (χ3v) is 4.25. The fourth-order valence-corrected chi connectivity index (χ4v) is 2.96. The zero-order valence-corrected chi connectivity index (χ0v) is 18.3. The van der Waals surface area contributed by atoms with Crippen LogP contribution < -0.4 is 10.1 Å². The quantitative estimate of drug-likeness (QED) is 0.335. The number of halogens is 1. The Kier molecular flexibility index (Phi) is 7.90. The fraction of sp³-hybridized carbons (Fsp3) is 0.300. The Bertz CT molecular complexity index is 860. The fourth-order valence-electron chi connectivity index (χ4n) is 2.96. The number of rotatable bonds is 6. The number of hydrogen-bond acceptors (Lipinski definition) is 3. The summed E-state index contributed by atoms with van der Waals surface area (Å²) in [6.45, 7) is 1.49. The Morgan fingerprint density at radius 2 is 2.00 bits per heavy atom. The first-order valence-electron chi connectivity index (χ1n) is 8.67. The summed E-state index contributed by atoms with van der Waals surface area (Å²) < 4.78 is 7.47. The molecule has 144 valence electrons. The second-order valence-corrected chi connectivity index (χ2v) is 6.09. The van der Waals surface area contributed by atoms with Crippen molar-refractivity contribution in [2.24, 2.45) is 4.99 Å². The molecule has 3 rings (SSSR count). The van der Waals surface area contributed by atoms with Crippen LogP contribution in [0, 0.1) is 0 Å². The van der Waals surface area contributed by atoms with Gasteiger partial charge in [0.25, 0.3) is 0 Å². The zero-order chi connectivity index (χ0) is 18.4. The number of nitrogens with one attached hydrogen (secondary N) is 1. The largest absolute Gasteiger partial charge is 0.496 e. The van der Waals surface area contributed by atoms with Gasteiger partial charge in [-0.05, 0) is 18.2 Å². The number of nitrogens with zero attached hydrogens (tertiary/aromatic N) is 4. The third-order valence-electron chi connectivity index (χ3n) is 4.25. The van der Waals surface area contributed by atoms with E-state index in [1.54, 1.807) is 14.2 Å². The summed E-state index contributed by atoms with van der Waals surface area (Å²) in [5.74, 6) is 1.74. The smallest absolute Gasteiger partial charge is 0.193 e. The normalized spacial score (nSPS) is 11.1. The van der Waals surface area contributed by atoms with Crippen LogP contribution in [0.5, 0.6) is 5.75 Å². The molecule has 0 aliphatic carbocycles. The van der Waals surface area contributed by atoms with Crippen molar-refractivity contribution in [3.63, 3.8) is 0 Å². The van der Waals surface area contributed by atoms with E-state index >= 15 is 0 Å². The molecule has 0 unspecified atom stereocenters. The minimum Gasteiger partial charge on any atom is -0.496 e. The molecule has 6 nitrogen and oxygen atoms in total. The van der Waals surface area contributed by atoms with E-state index < -0.39 is 0 Å². The van der Waals surface area contributed by atoms with Crippen molar-refractivity contribution in [3.05, 3.63) is 66.1 Å². The standard InChI is InChI=1S/C20H25N5O.HI/c1-21-20(24(2)14-16-8-4-5-9-18(16)26-3)22-12-11-17-15-25-13-7-6-10-19(25)23-17;/h4-10,13,15H,11-12,14H2,1-3H3,(H,21,22);1H. The van der Waals surface area contributed by atoms with Gasteiger partial charge in [0.1, 0.15) is 11.4 Å². The lowest BCUT2D eigenvalue weighted by Crippen LogP contribution is -2.39. The predicted octanol–water partition coefficient (Wildman–Crippen LogP) is 3.21. The van der Waals surface area contributed by atoms with Crippen LogP contribution in [-0.4, -0.2) is 48.0 Å². The van der Waals surface area contributed by atoms with Gasteiger partial charge in [0.2, 0.25) is 0 Å². The van der Waals surface area contributed by atoms with Crippen molar-refractivity contribution < 1.29 is 4.74 Å². The van der Waals surface area contributed by atoms with Crippen LogP contribution in [0.2, 0.25) is 0 Å². The number of benzene rings is 1. The van der Waals surface area contributed by atoms with Crippen LogP contribution in [0.1, 0.15) is 11.3 Å². The van der Waals surface area contributed by atoms with Crippen LogP contribution in [0.3, 0.4) is 0 Å². The van der Waals surface area contributed by atoms with Crippen LogP contribution in [0.15, 0.2) is 59.9 Å². The minimum absolute atomic E-state index is 0. The number of ether oxygens (including phenoxy) is 1. The van der Waals surface area contributed by atoms with Crippen molar-refractivity contribution in [2.75, 3.05) is 27.7 Å². The Balaban J connectivity index is 0.00000261. The number of imidazole rings is 1. The van der Waals surface area contributed by atoms with Crippen molar-refractivity contribution in [1.29, 1.82) is 0 Å². The van der Waals surface area contributed by atoms with E-state index in [1.807, 2.05) is 54.0 Å². The first kappa shape index (κ1) is 21.0. The van der Waals surface area contributed by atoms with Gasteiger partial charge in [-0.25, -0.2) is 4.98 Å². The number of para-hydroxylation sites is 1. The number of methoxy groups -OCH3 is 1. The molecular weight excluding hydrogens is 453 g/mol. The molecular formula is C20H26IN5O. The Morgan fingerprint density at radius 3 is 2.74 bits per heavy atom. The molecule has 1 N–H and O–H groups in total. The number of guanidine groups is 1. The lowest BCUT2D eigenvalue weighted by atomic mass is 10.2. The number of hydrogen-bond donors (Lipinski definition) is 1. The van der Waals surface area contributed by atoms with E-state index in [1.165, 1.54) is 0 Å². The third kappa shape index (κ3) is 5.35. The van der Waals surface area contributed by atoms with Gasteiger partial charge in [-0.1, -0.05) is 24.3 Å². The van der Waals surface area contributed by atoms with E-state index in [2.05, 4.69) is 32.5 Å². The maximum absolute atomic E-state index is 5.43. The van der Waals surface area contributed by atoms with Gasteiger partial charge in [0, 0.05) is 51.6 Å². The molecule has 0 bridgehead atoms. The molecule has 0 amide bonds. The van der Waals surface area contributed by atoms with Crippen LogP contribution >= 0.6 is 24.0 Å². The molecule has 0 saturated carbocycles. The van der Waals surface area contributed by atoms with E-state index in [4.69, 9.17) is 4.74 Å². The molecule has 2 heterocycles. The molecule has 0 spiro atoms. The first-order valence-corrected chi connectivity index (χ1v) is 8.67. The van der Waals surface area contributed by atoms with Crippen molar-refractivity contribution in [1.82, 2.24) is 19.6 Å². The zero-order valence-electron chi connectivity index (χ0n) is 15.9. The highest BCUT2D eigenvalue weighted by atomic mass is 127. The van der Waals surface area contributed by atoms with E-state index in [-0.39, 0.29) is 24.0 Å². The summed E-state index contributed by atoms with van der Waals surface area (Å²) in [5.41, 5.74) is 3.16. The molecule has 0 aliphatic heterocycles. The number of aromatic nitrogens is 2. The molecule has 0 saturated heterocycles. The van der Waals surface area contributed by atoms with Gasteiger partial charge in [-0.2, -0.15) is 0 Å². The highest BCUT2D eigenvalue weighted by Crippen LogP contribution is 2.18. The SMILES string of the molecule is CN=C(NCCc1cn2ccccc2n1)N(C)Cc1ccccc1OC.I. The first-order chi connectivity index (χ1) is 12.7. The topological polar surface area (TPSA) is 54.2 Å². The average Bonchev–Trinajstić information content (AvgIpc) is 3.08. The summed E-state index contributed by atoms with van der Waals surface area (Å²) in [6.07, 6.45) is 4.92. The highest BCUT2D eigenvalue weighted by molar-refractivity contribution is 14.0. The van der Waals surface area contributed by atoms with Gasteiger partial charge >= 0.3 is 0 Å². The number of fused-ring (bicyclic) bond motifs is 1. The summed E-state index contributed by atoms with van der Waals surface area (Å²) >= 11 is 0. The molecule has 0 fully saturated rings. The van der Waals surface area contributed by atoms with Crippen molar-refractivity contribution >= 4 is 35.6 Å². The molecule has 2 aromatic heterocycles. The van der Waals surface area contributed by atoms with Crippen molar-refractivity contribution in [2.45, 2.75) is 13.0 Å². The monoisotopic (exact) mass is 479 g/mol. The van der Waals surface area contributed by atoms with Crippen molar-refractivity contribution in [3.8, 4) is 5.75 Å². The molecule has 3 aromatic rings. The highest BCUT2D eigenvalue weighted by Gasteiger charge is 2.10. The Hall–Kier alpha value is -2.29. The molecule has 1 aromatic carbocycles. The average molecular weight is 479 g/mol. The van der Waals surface area contributed by atoms with E-state index in [0.717, 1.165) is 48.1 Å². The molecule has 27 heavy (non-hydrogen) atoms. The Morgan fingerprint density at radius 1 is 1.22 bits per heavy atom. The lowest BCUT2D eigenvalue weighted by Gasteiger charge is -2.23. The van der Waals surface area contributed by atoms with Gasteiger partial charge in [-0.15, -0.1) is 24.0 Å². The predicted molar refractivity (Wildman–Crippen MR) is 120 cm³/mol. The van der Waals surface area contributed by atoms with Crippen LogP contribution in [-0.2, 0) is 13.0 Å². The second-order valence-electron chi connectivity index (χ2n) is 6.09. The number of pyridine rings is 1. The summed E-state index contributed by atoms with van der Waals surface area (Å²) in [7, 11) is 5.51. The minimum atomic E-state index is 0. The summed E-state index contributed by atoms with van der Waals surface area (Å²) in [4.78, 5) is 11.1. The van der Waals surface area contributed by atoms with E-state index in [0.29, 0.717) is 0 Å². The summed E-state index contributed by atoms with van der Waals surface area (Å²) in [5, 5.41) is 3.41. The van der Waals surface area contributed by atoms with Gasteiger partial charge in [0.15, 0.2) is 5.96 Å². The van der Waals surface area contributed by atoms with Crippen LogP contribution in [0.4, 0.5) is 0 Å². The molecule has 7 heteroatoms. The van der Waals surface area contributed by atoms with Gasteiger partial charge < -0.3 is 19.4 Å².